The Kier molecular flexibility index (Phi) is 7.96. The average Bonchev–Trinajstić information content (AvgIpc) is 2.60. The van der Waals surface area contributed by atoms with Crippen LogP contribution in [0.5, 0.6) is 0 Å². The molecule has 4 N–H and O–H groups in total. The van der Waals surface area contributed by atoms with Crippen molar-refractivity contribution >= 4 is 12.2 Å². The zero-order chi connectivity index (χ0) is 19.1. The zero-order valence-electron chi connectivity index (χ0n) is 15.6. The Hall–Kier alpha value is -1.54. The first-order valence-electron chi connectivity index (χ1n) is 9.61. The van der Waals surface area contributed by atoms with Crippen LogP contribution < -0.4 is 10.6 Å². The molecule has 2 fully saturated rings. The van der Waals surface area contributed by atoms with E-state index in [1.807, 2.05) is 6.92 Å². The Morgan fingerprint density at radius 2 is 1.42 bits per heavy atom. The van der Waals surface area contributed by atoms with Gasteiger partial charge in [0, 0.05) is 13.6 Å². The SMILES string of the molecule is CCNC(=O)OC1CCC(CC2CCC(OC(=O)NC)C(O)C2)CC1O. The highest BCUT2D eigenvalue weighted by Gasteiger charge is 2.36. The molecule has 2 aliphatic rings. The molecular weight excluding hydrogens is 340 g/mol. The van der Waals surface area contributed by atoms with Crippen LogP contribution in [0, 0.1) is 11.8 Å². The third-order valence-corrected chi connectivity index (χ3v) is 5.44. The Labute approximate surface area is 154 Å². The van der Waals surface area contributed by atoms with Gasteiger partial charge in [0.15, 0.2) is 0 Å². The van der Waals surface area contributed by atoms with Crippen molar-refractivity contribution in [2.75, 3.05) is 13.6 Å². The van der Waals surface area contributed by atoms with Crippen molar-refractivity contribution in [1.82, 2.24) is 10.6 Å². The average molecular weight is 372 g/mol. The van der Waals surface area contributed by atoms with E-state index >= 15 is 0 Å². The lowest BCUT2D eigenvalue weighted by atomic mass is 9.75. The van der Waals surface area contributed by atoms with E-state index in [4.69, 9.17) is 9.47 Å². The first kappa shape index (κ1) is 20.8. The van der Waals surface area contributed by atoms with Crippen molar-refractivity contribution in [3.63, 3.8) is 0 Å². The number of ether oxygens (including phenoxy) is 2. The monoisotopic (exact) mass is 372 g/mol. The topological polar surface area (TPSA) is 117 Å². The number of alkyl carbamates (subject to hydrolysis) is 2. The van der Waals surface area contributed by atoms with E-state index in [0.29, 0.717) is 44.1 Å². The quantitative estimate of drug-likeness (QED) is 0.581. The summed E-state index contributed by atoms with van der Waals surface area (Å²) in [5, 5.41) is 25.5. The van der Waals surface area contributed by atoms with E-state index in [-0.39, 0.29) is 0 Å². The molecule has 2 rings (SSSR count). The van der Waals surface area contributed by atoms with Crippen molar-refractivity contribution in [3.05, 3.63) is 0 Å². The van der Waals surface area contributed by atoms with Crippen LogP contribution in [0.15, 0.2) is 0 Å². The third kappa shape index (κ3) is 6.02. The Morgan fingerprint density at radius 3 is 1.85 bits per heavy atom. The lowest BCUT2D eigenvalue weighted by Crippen LogP contribution is -2.42. The largest absolute Gasteiger partial charge is 0.443 e. The Morgan fingerprint density at radius 1 is 0.923 bits per heavy atom. The van der Waals surface area contributed by atoms with Gasteiger partial charge in [-0.25, -0.2) is 9.59 Å². The van der Waals surface area contributed by atoms with Crippen molar-refractivity contribution in [2.24, 2.45) is 11.8 Å². The maximum Gasteiger partial charge on any atom is 0.407 e. The summed E-state index contributed by atoms with van der Waals surface area (Å²) in [5.41, 5.74) is 0. The summed E-state index contributed by atoms with van der Waals surface area (Å²) in [6.07, 6.45) is 2.05. The molecule has 0 heterocycles. The molecule has 6 atom stereocenters. The molecule has 150 valence electrons. The molecule has 0 aromatic carbocycles. The van der Waals surface area contributed by atoms with Crippen LogP contribution >= 0.6 is 0 Å². The van der Waals surface area contributed by atoms with E-state index in [1.54, 1.807) is 0 Å². The first-order chi connectivity index (χ1) is 12.4. The van der Waals surface area contributed by atoms with E-state index in [1.165, 1.54) is 7.05 Å². The normalized spacial score (nSPS) is 34.6. The fourth-order valence-electron chi connectivity index (χ4n) is 4.10. The molecule has 8 nitrogen and oxygen atoms in total. The highest BCUT2D eigenvalue weighted by atomic mass is 16.6. The second-order valence-corrected chi connectivity index (χ2v) is 7.40. The second kappa shape index (κ2) is 9.97. The highest BCUT2D eigenvalue weighted by molar-refractivity contribution is 5.67. The van der Waals surface area contributed by atoms with Gasteiger partial charge in [-0.15, -0.1) is 0 Å². The summed E-state index contributed by atoms with van der Waals surface area (Å²) < 4.78 is 10.5. The highest BCUT2D eigenvalue weighted by Crippen LogP contribution is 2.37. The summed E-state index contributed by atoms with van der Waals surface area (Å²) in [5.74, 6) is 0.709. The predicted octanol–water partition coefficient (Wildman–Crippen LogP) is 1.54. The molecule has 0 saturated heterocycles. The fraction of sp³-hybridized carbons (Fsp3) is 0.889. The molecule has 0 aromatic rings. The number of amides is 2. The van der Waals surface area contributed by atoms with Gasteiger partial charge in [-0.1, -0.05) is 0 Å². The van der Waals surface area contributed by atoms with E-state index in [0.717, 1.165) is 19.3 Å². The molecule has 26 heavy (non-hydrogen) atoms. The summed E-state index contributed by atoms with van der Waals surface area (Å²) in [6, 6.07) is 0. The molecule has 0 aliphatic heterocycles. The molecule has 2 aliphatic carbocycles. The predicted molar refractivity (Wildman–Crippen MR) is 94.6 cm³/mol. The lowest BCUT2D eigenvalue weighted by molar-refractivity contribution is -0.0516. The van der Waals surface area contributed by atoms with Crippen molar-refractivity contribution < 1.29 is 29.3 Å². The van der Waals surface area contributed by atoms with Gasteiger partial charge >= 0.3 is 12.2 Å². The summed E-state index contributed by atoms with van der Waals surface area (Å²) in [7, 11) is 1.50. The number of aliphatic hydroxyl groups excluding tert-OH is 2. The number of hydrogen-bond acceptors (Lipinski definition) is 6. The minimum absolute atomic E-state index is 0.354. The molecule has 0 spiro atoms. The lowest BCUT2D eigenvalue weighted by Gasteiger charge is -2.37. The number of carbonyl (C=O) groups is 2. The fourth-order valence-corrected chi connectivity index (χ4v) is 4.10. The van der Waals surface area contributed by atoms with Gasteiger partial charge < -0.3 is 30.3 Å². The summed E-state index contributed by atoms with van der Waals surface area (Å²) >= 11 is 0. The first-order valence-corrected chi connectivity index (χ1v) is 9.61. The van der Waals surface area contributed by atoms with Crippen LogP contribution in [0.25, 0.3) is 0 Å². The van der Waals surface area contributed by atoms with Crippen LogP contribution in [0.4, 0.5) is 9.59 Å². The second-order valence-electron chi connectivity index (χ2n) is 7.40. The molecule has 0 radical (unpaired) electrons. The molecule has 2 amide bonds. The van der Waals surface area contributed by atoms with E-state index < -0.39 is 36.6 Å². The van der Waals surface area contributed by atoms with Gasteiger partial charge in [0.05, 0.1) is 12.2 Å². The van der Waals surface area contributed by atoms with Crippen LogP contribution in [0.3, 0.4) is 0 Å². The standard InChI is InChI=1S/C18H32N2O6/c1-3-20-18(24)26-16-7-5-12(10-14(16)22)8-11-4-6-15(13(21)9-11)25-17(23)19-2/h11-16,21-22H,3-10H2,1-2H3,(H,19,23)(H,20,24). The third-order valence-electron chi connectivity index (χ3n) is 5.44. The van der Waals surface area contributed by atoms with Crippen molar-refractivity contribution in [2.45, 2.75) is 76.3 Å². The van der Waals surface area contributed by atoms with E-state index in [2.05, 4.69) is 10.6 Å². The number of nitrogens with one attached hydrogen (secondary N) is 2. The van der Waals surface area contributed by atoms with Crippen LogP contribution in [0.1, 0.15) is 51.9 Å². The Balaban J connectivity index is 1.74. The number of aliphatic hydroxyl groups is 2. The Bertz CT molecular complexity index is 475. The van der Waals surface area contributed by atoms with Crippen molar-refractivity contribution in [3.8, 4) is 0 Å². The van der Waals surface area contributed by atoms with E-state index in [9.17, 15) is 19.8 Å². The molecule has 0 bridgehead atoms. The summed E-state index contributed by atoms with van der Waals surface area (Å²) in [6.45, 7) is 2.32. The van der Waals surface area contributed by atoms with Crippen molar-refractivity contribution in [1.29, 1.82) is 0 Å². The minimum Gasteiger partial charge on any atom is -0.443 e. The van der Waals surface area contributed by atoms with Gasteiger partial charge in [-0.2, -0.15) is 0 Å². The molecule has 2 saturated carbocycles. The van der Waals surface area contributed by atoms with Gasteiger partial charge in [-0.05, 0) is 63.7 Å². The van der Waals surface area contributed by atoms with Gasteiger partial charge in [-0.3, -0.25) is 0 Å². The van der Waals surface area contributed by atoms with Gasteiger partial charge in [0.2, 0.25) is 0 Å². The smallest absolute Gasteiger partial charge is 0.407 e. The van der Waals surface area contributed by atoms with Crippen LogP contribution in [-0.4, -0.2) is 60.4 Å². The number of carbonyl (C=O) groups excluding carboxylic acids is 2. The molecule has 6 unspecified atom stereocenters. The zero-order valence-corrected chi connectivity index (χ0v) is 15.6. The molecular formula is C18H32N2O6. The number of rotatable bonds is 5. The number of hydrogen-bond donors (Lipinski definition) is 4. The molecule has 0 aromatic heterocycles. The summed E-state index contributed by atoms with van der Waals surface area (Å²) in [4.78, 5) is 22.8. The minimum atomic E-state index is -0.645. The van der Waals surface area contributed by atoms with Crippen LogP contribution in [0.2, 0.25) is 0 Å². The molecule has 8 heteroatoms. The van der Waals surface area contributed by atoms with Crippen LogP contribution in [-0.2, 0) is 9.47 Å². The maximum atomic E-state index is 11.5. The van der Waals surface area contributed by atoms with Gasteiger partial charge in [0.1, 0.15) is 12.2 Å². The maximum absolute atomic E-state index is 11.5. The van der Waals surface area contributed by atoms with Gasteiger partial charge in [0.25, 0.3) is 0 Å².